The number of fused-ring (bicyclic) bond motifs is 1. The molecule has 2 heterocycles. The average molecular weight is 202 g/mol. The summed E-state index contributed by atoms with van der Waals surface area (Å²) in [4.78, 5) is 4.07. The van der Waals surface area contributed by atoms with Gasteiger partial charge in [0.25, 0.3) is 0 Å². The molecule has 0 radical (unpaired) electrons. The number of furan rings is 1. The normalized spacial score (nSPS) is 19.8. The summed E-state index contributed by atoms with van der Waals surface area (Å²) >= 11 is 0. The van der Waals surface area contributed by atoms with Crippen molar-refractivity contribution >= 4 is 11.0 Å². The summed E-state index contributed by atoms with van der Waals surface area (Å²) in [6.07, 6.45) is 8.02. The molecule has 0 aromatic carbocycles. The maximum absolute atomic E-state index is 6.33. The molecule has 0 saturated heterocycles. The number of rotatable bonds is 1. The first-order chi connectivity index (χ1) is 7.28. The van der Waals surface area contributed by atoms with Gasteiger partial charge in [-0.25, -0.2) is 0 Å². The Balaban J connectivity index is 2.11. The summed E-state index contributed by atoms with van der Waals surface area (Å²) in [5, 5.41) is 1.05. The van der Waals surface area contributed by atoms with Crippen LogP contribution in [0.4, 0.5) is 0 Å². The summed E-state index contributed by atoms with van der Waals surface area (Å²) in [6, 6.07) is 3.92. The van der Waals surface area contributed by atoms with Gasteiger partial charge in [-0.05, 0) is 25.0 Å². The molecule has 0 aliphatic heterocycles. The minimum atomic E-state index is -0.237. The fourth-order valence-corrected chi connectivity index (χ4v) is 2.38. The van der Waals surface area contributed by atoms with Gasteiger partial charge in [-0.1, -0.05) is 12.8 Å². The topological polar surface area (TPSA) is 52.0 Å². The summed E-state index contributed by atoms with van der Waals surface area (Å²) in [5.41, 5.74) is 6.98. The number of pyridine rings is 1. The highest BCUT2D eigenvalue weighted by atomic mass is 16.3. The van der Waals surface area contributed by atoms with Crippen LogP contribution in [0.5, 0.6) is 0 Å². The van der Waals surface area contributed by atoms with Crippen molar-refractivity contribution < 1.29 is 4.42 Å². The molecule has 15 heavy (non-hydrogen) atoms. The summed E-state index contributed by atoms with van der Waals surface area (Å²) < 4.78 is 5.79. The largest absolute Gasteiger partial charge is 0.459 e. The van der Waals surface area contributed by atoms with Crippen molar-refractivity contribution in [1.29, 1.82) is 0 Å². The van der Waals surface area contributed by atoms with Gasteiger partial charge in [-0.2, -0.15) is 0 Å². The predicted octanol–water partition coefficient (Wildman–Crippen LogP) is 2.56. The average Bonchev–Trinajstić information content (AvgIpc) is 2.84. The van der Waals surface area contributed by atoms with Gasteiger partial charge < -0.3 is 10.2 Å². The highest BCUT2D eigenvalue weighted by molar-refractivity contribution is 5.76. The van der Waals surface area contributed by atoms with E-state index in [2.05, 4.69) is 4.98 Å². The highest BCUT2D eigenvalue weighted by Crippen LogP contribution is 2.38. The second-order valence-electron chi connectivity index (χ2n) is 4.39. The SMILES string of the molecule is NC1(c2cc3cnccc3o2)CCCC1. The zero-order valence-corrected chi connectivity index (χ0v) is 8.57. The highest BCUT2D eigenvalue weighted by Gasteiger charge is 2.34. The van der Waals surface area contributed by atoms with E-state index in [4.69, 9.17) is 10.2 Å². The molecule has 2 aromatic rings. The summed E-state index contributed by atoms with van der Waals surface area (Å²) in [7, 11) is 0. The van der Waals surface area contributed by atoms with Crippen LogP contribution in [0.1, 0.15) is 31.4 Å². The zero-order valence-electron chi connectivity index (χ0n) is 8.57. The van der Waals surface area contributed by atoms with Crippen LogP contribution < -0.4 is 5.73 Å². The Morgan fingerprint density at radius 1 is 1.33 bits per heavy atom. The smallest absolute Gasteiger partial charge is 0.137 e. The van der Waals surface area contributed by atoms with Crippen molar-refractivity contribution in [1.82, 2.24) is 4.98 Å². The molecule has 0 amide bonds. The molecule has 1 aliphatic rings. The van der Waals surface area contributed by atoms with Crippen molar-refractivity contribution in [2.45, 2.75) is 31.2 Å². The van der Waals surface area contributed by atoms with Crippen LogP contribution in [0, 0.1) is 0 Å². The van der Waals surface area contributed by atoms with Crippen LogP contribution in [0.3, 0.4) is 0 Å². The van der Waals surface area contributed by atoms with E-state index in [0.29, 0.717) is 0 Å². The number of aromatic nitrogens is 1. The first-order valence-electron chi connectivity index (χ1n) is 5.41. The number of hydrogen-bond acceptors (Lipinski definition) is 3. The van der Waals surface area contributed by atoms with Gasteiger partial charge in [0.2, 0.25) is 0 Å². The van der Waals surface area contributed by atoms with E-state index in [1.54, 1.807) is 6.20 Å². The quantitative estimate of drug-likeness (QED) is 0.773. The van der Waals surface area contributed by atoms with Gasteiger partial charge in [0, 0.05) is 17.8 Å². The van der Waals surface area contributed by atoms with E-state index in [0.717, 1.165) is 29.6 Å². The van der Waals surface area contributed by atoms with E-state index in [1.807, 2.05) is 18.3 Å². The van der Waals surface area contributed by atoms with E-state index in [-0.39, 0.29) is 5.54 Å². The molecule has 2 N–H and O–H groups in total. The Hall–Kier alpha value is -1.35. The lowest BCUT2D eigenvalue weighted by Crippen LogP contribution is -2.32. The molecule has 2 aromatic heterocycles. The van der Waals surface area contributed by atoms with E-state index in [9.17, 15) is 0 Å². The van der Waals surface area contributed by atoms with Crippen LogP contribution in [0.2, 0.25) is 0 Å². The maximum atomic E-state index is 6.33. The summed E-state index contributed by atoms with van der Waals surface area (Å²) in [5.74, 6) is 0.919. The minimum absolute atomic E-state index is 0.237. The molecule has 0 unspecified atom stereocenters. The van der Waals surface area contributed by atoms with Crippen LogP contribution >= 0.6 is 0 Å². The van der Waals surface area contributed by atoms with E-state index < -0.39 is 0 Å². The van der Waals surface area contributed by atoms with Crippen molar-refractivity contribution in [2.24, 2.45) is 5.73 Å². The zero-order chi connectivity index (χ0) is 10.3. The van der Waals surface area contributed by atoms with Crippen molar-refractivity contribution in [2.75, 3.05) is 0 Å². The molecule has 78 valence electrons. The molecular formula is C12H14N2O. The van der Waals surface area contributed by atoms with Gasteiger partial charge >= 0.3 is 0 Å². The first kappa shape index (κ1) is 8.92. The van der Waals surface area contributed by atoms with Gasteiger partial charge in [-0.15, -0.1) is 0 Å². The Kier molecular flexibility index (Phi) is 1.83. The second kappa shape index (κ2) is 3.07. The molecule has 1 aliphatic carbocycles. The van der Waals surface area contributed by atoms with Crippen molar-refractivity contribution in [3.8, 4) is 0 Å². The third-order valence-corrected chi connectivity index (χ3v) is 3.30. The molecule has 1 saturated carbocycles. The third-order valence-electron chi connectivity index (χ3n) is 3.30. The van der Waals surface area contributed by atoms with Gasteiger partial charge in [-0.3, -0.25) is 4.98 Å². The molecule has 3 rings (SSSR count). The molecule has 3 nitrogen and oxygen atoms in total. The molecule has 0 spiro atoms. The molecule has 3 heteroatoms. The Bertz CT molecular complexity index is 450. The molecule has 0 atom stereocenters. The lowest BCUT2D eigenvalue weighted by atomic mass is 9.96. The Labute approximate surface area is 88.3 Å². The number of hydrogen-bond donors (Lipinski definition) is 1. The van der Waals surface area contributed by atoms with Crippen LogP contribution in [-0.4, -0.2) is 4.98 Å². The van der Waals surface area contributed by atoms with E-state index in [1.165, 1.54) is 12.8 Å². The monoisotopic (exact) mass is 202 g/mol. The fourth-order valence-electron chi connectivity index (χ4n) is 2.38. The van der Waals surface area contributed by atoms with Crippen molar-refractivity contribution in [3.63, 3.8) is 0 Å². The summed E-state index contributed by atoms with van der Waals surface area (Å²) in [6.45, 7) is 0. The lowest BCUT2D eigenvalue weighted by molar-refractivity contribution is 0.362. The van der Waals surface area contributed by atoms with Crippen LogP contribution in [-0.2, 0) is 5.54 Å². The van der Waals surface area contributed by atoms with Crippen molar-refractivity contribution in [3.05, 3.63) is 30.3 Å². The molecule has 1 fully saturated rings. The lowest BCUT2D eigenvalue weighted by Gasteiger charge is -2.19. The Morgan fingerprint density at radius 2 is 2.13 bits per heavy atom. The molecular weight excluding hydrogens is 188 g/mol. The number of nitrogens with two attached hydrogens (primary N) is 1. The third kappa shape index (κ3) is 1.35. The van der Waals surface area contributed by atoms with Gasteiger partial charge in [0.1, 0.15) is 11.3 Å². The van der Waals surface area contributed by atoms with E-state index >= 15 is 0 Å². The minimum Gasteiger partial charge on any atom is -0.459 e. The van der Waals surface area contributed by atoms with Gasteiger partial charge in [0.15, 0.2) is 0 Å². The van der Waals surface area contributed by atoms with Crippen LogP contribution in [0.25, 0.3) is 11.0 Å². The maximum Gasteiger partial charge on any atom is 0.137 e. The predicted molar refractivity (Wildman–Crippen MR) is 58.3 cm³/mol. The Morgan fingerprint density at radius 3 is 2.87 bits per heavy atom. The second-order valence-corrected chi connectivity index (χ2v) is 4.39. The van der Waals surface area contributed by atoms with Crippen LogP contribution in [0.15, 0.2) is 28.9 Å². The van der Waals surface area contributed by atoms with Gasteiger partial charge in [0.05, 0.1) is 5.54 Å². The molecule has 0 bridgehead atoms. The standard InChI is InChI=1S/C12H14N2O/c13-12(4-1-2-5-12)11-7-9-8-14-6-3-10(9)15-11/h3,6-8H,1-2,4-5,13H2. The fraction of sp³-hybridized carbons (Fsp3) is 0.417. The first-order valence-corrected chi connectivity index (χ1v) is 5.41. The number of nitrogens with zero attached hydrogens (tertiary/aromatic N) is 1.